The number of rotatable bonds is 13. The fourth-order valence-electron chi connectivity index (χ4n) is 4.34. The Bertz CT molecular complexity index is 740. The van der Waals surface area contributed by atoms with Gasteiger partial charge in [0.15, 0.2) is 0 Å². The molecule has 166 valence electrons. The van der Waals surface area contributed by atoms with Crippen molar-refractivity contribution in [2.75, 3.05) is 31.5 Å². The molecule has 2 aromatic carbocycles. The summed E-state index contributed by atoms with van der Waals surface area (Å²) < 4.78 is 1.01. The van der Waals surface area contributed by atoms with Crippen molar-refractivity contribution in [1.29, 1.82) is 0 Å². The first-order valence-electron chi connectivity index (χ1n) is 10.9. The lowest BCUT2D eigenvalue weighted by Crippen LogP contribution is -3.00. The smallest absolute Gasteiger partial charge is 0.269 e. The summed E-state index contributed by atoms with van der Waals surface area (Å²) in [7, 11) is 0. The highest BCUT2D eigenvalue weighted by molar-refractivity contribution is 5.42. The Morgan fingerprint density at radius 2 is 1.67 bits per heavy atom. The van der Waals surface area contributed by atoms with Gasteiger partial charge in [0.2, 0.25) is 0 Å². The number of quaternary nitrogens is 1. The number of non-ortho nitro benzene ring substituents is 1. The van der Waals surface area contributed by atoms with Crippen molar-refractivity contribution < 1.29 is 21.8 Å². The van der Waals surface area contributed by atoms with Crippen molar-refractivity contribution in [2.45, 2.75) is 46.6 Å². The van der Waals surface area contributed by atoms with Gasteiger partial charge in [-0.25, -0.2) is 0 Å². The predicted molar refractivity (Wildman–Crippen MR) is 121 cm³/mol. The summed E-state index contributed by atoms with van der Waals surface area (Å²) in [5.41, 5.74) is 2.49. The molecule has 2 aromatic rings. The molecule has 2 rings (SSSR count). The van der Waals surface area contributed by atoms with Crippen LogP contribution in [0, 0.1) is 16.0 Å². The molecular weight excluding hydrogens is 398 g/mol. The zero-order chi connectivity index (χ0) is 21.1. The van der Waals surface area contributed by atoms with Crippen LogP contribution in [-0.4, -0.2) is 35.6 Å². The number of hydrogen-bond donors (Lipinski definition) is 1. The fourth-order valence-corrected chi connectivity index (χ4v) is 4.34. The average molecular weight is 434 g/mol. The summed E-state index contributed by atoms with van der Waals surface area (Å²) in [4.78, 5) is 10.7. The summed E-state index contributed by atoms with van der Waals surface area (Å²) in [6.45, 7) is 12.0. The first kappa shape index (κ1) is 25.9. The van der Waals surface area contributed by atoms with Gasteiger partial charge in [-0.05, 0) is 37.1 Å². The highest BCUT2D eigenvalue weighted by Crippen LogP contribution is 2.23. The van der Waals surface area contributed by atoms with Gasteiger partial charge in [-0.3, -0.25) is 10.1 Å². The molecule has 0 radical (unpaired) electrons. The third kappa shape index (κ3) is 8.33. The van der Waals surface area contributed by atoms with E-state index in [1.807, 2.05) is 18.2 Å². The van der Waals surface area contributed by atoms with E-state index in [0.717, 1.165) is 49.3 Å². The number of nitrogens with zero attached hydrogens (tertiary/aromatic N) is 2. The zero-order valence-corrected chi connectivity index (χ0v) is 19.3. The number of hydrogen-bond acceptors (Lipinski definition) is 3. The number of halogens is 1. The summed E-state index contributed by atoms with van der Waals surface area (Å²) in [6.07, 6.45) is 3.56. The molecule has 0 aliphatic carbocycles. The molecule has 5 nitrogen and oxygen atoms in total. The summed E-state index contributed by atoms with van der Waals surface area (Å²) >= 11 is 0. The van der Waals surface area contributed by atoms with Crippen LogP contribution in [0.3, 0.4) is 0 Å². The second kappa shape index (κ2) is 13.2. The standard InChI is InChI=1S/C24H36N3O2.ClH/c1-4-9-21(3)19-27(17-5-2,18-16-25-23-10-7-6-8-11-23)20-22-12-14-24(15-13-22)26(28)29;/h6-8,10-15,21,25H,4-5,9,16-20H2,1-3H3;1H/q+1;/p-1. The van der Waals surface area contributed by atoms with Gasteiger partial charge in [0, 0.05) is 29.3 Å². The molecule has 0 bridgehead atoms. The SMILES string of the molecule is CCCC(C)C[N+](CCC)(CCNc1ccccc1)Cc1ccc([N+](=O)[O-])cc1.[Cl-]. The minimum Gasteiger partial charge on any atom is -1.00 e. The molecule has 0 aromatic heterocycles. The average Bonchev–Trinajstić information content (AvgIpc) is 2.69. The highest BCUT2D eigenvalue weighted by atomic mass is 35.5. The van der Waals surface area contributed by atoms with Crippen LogP contribution in [-0.2, 0) is 6.54 Å². The quantitative estimate of drug-likeness (QED) is 0.300. The van der Waals surface area contributed by atoms with E-state index < -0.39 is 0 Å². The third-order valence-corrected chi connectivity index (χ3v) is 5.53. The molecule has 0 saturated carbocycles. The molecule has 0 fully saturated rings. The Labute approximate surface area is 187 Å². The largest absolute Gasteiger partial charge is 1.00 e. The predicted octanol–water partition coefficient (Wildman–Crippen LogP) is 2.87. The number of nitro benzene ring substituents is 1. The van der Waals surface area contributed by atoms with Crippen LogP contribution in [0.5, 0.6) is 0 Å². The molecule has 0 spiro atoms. The molecular formula is C24H36ClN3O2. The van der Waals surface area contributed by atoms with Crippen LogP contribution in [0.1, 0.15) is 45.6 Å². The highest BCUT2D eigenvalue weighted by Gasteiger charge is 2.29. The Morgan fingerprint density at radius 3 is 2.23 bits per heavy atom. The molecule has 0 aliphatic heterocycles. The van der Waals surface area contributed by atoms with E-state index in [0.29, 0.717) is 5.92 Å². The molecule has 1 N–H and O–H groups in total. The van der Waals surface area contributed by atoms with E-state index in [4.69, 9.17) is 0 Å². The first-order chi connectivity index (χ1) is 14.0. The van der Waals surface area contributed by atoms with E-state index in [2.05, 4.69) is 50.4 Å². The first-order valence-corrected chi connectivity index (χ1v) is 10.9. The second-order valence-corrected chi connectivity index (χ2v) is 8.24. The van der Waals surface area contributed by atoms with Gasteiger partial charge in [-0.15, -0.1) is 0 Å². The van der Waals surface area contributed by atoms with Crippen molar-refractivity contribution in [3.05, 3.63) is 70.3 Å². The van der Waals surface area contributed by atoms with Gasteiger partial charge in [-0.2, -0.15) is 0 Å². The zero-order valence-electron chi connectivity index (χ0n) is 18.5. The minimum atomic E-state index is -0.328. The van der Waals surface area contributed by atoms with Gasteiger partial charge in [0.05, 0.1) is 31.1 Å². The normalized spacial score (nSPS) is 13.7. The lowest BCUT2D eigenvalue weighted by molar-refractivity contribution is -0.942. The third-order valence-electron chi connectivity index (χ3n) is 5.53. The lowest BCUT2D eigenvalue weighted by Gasteiger charge is -2.41. The Morgan fingerprint density at radius 1 is 1.00 bits per heavy atom. The van der Waals surface area contributed by atoms with Gasteiger partial charge in [-0.1, -0.05) is 45.4 Å². The van der Waals surface area contributed by atoms with Crippen molar-refractivity contribution in [3.63, 3.8) is 0 Å². The Hall–Kier alpha value is -2.11. The van der Waals surface area contributed by atoms with E-state index in [-0.39, 0.29) is 23.0 Å². The van der Waals surface area contributed by atoms with E-state index in [9.17, 15) is 10.1 Å². The van der Waals surface area contributed by atoms with Crippen LogP contribution >= 0.6 is 0 Å². The summed E-state index contributed by atoms with van der Waals surface area (Å²) in [5.74, 6) is 0.654. The summed E-state index contributed by atoms with van der Waals surface area (Å²) in [5, 5.41) is 14.6. The van der Waals surface area contributed by atoms with Crippen molar-refractivity contribution >= 4 is 11.4 Å². The van der Waals surface area contributed by atoms with Gasteiger partial charge >= 0.3 is 0 Å². The maximum absolute atomic E-state index is 11.0. The number of nitro groups is 1. The Kier molecular flexibility index (Phi) is 11.4. The van der Waals surface area contributed by atoms with Crippen LogP contribution in [0.4, 0.5) is 11.4 Å². The molecule has 2 atom stereocenters. The van der Waals surface area contributed by atoms with Gasteiger partial charge in [0.25, 0.3) is 5.69 Å². The second-order valence-electron chi connectivity index (χ2n) is 8.24. The maximum Gasteiger partial charge on any atom is 0.269 e. The molecule has 0 amide bonds. The van der Waals surface area contributed by atoms with Gasteiger partial charge in [0.1, 0.15) is 6.54 Å². The fraction of sp³-hybridized carbons (Fsp3) is 0.500. The van der Waals surface area contributed by atoms with Crippen molar-refractivity contribution in [1.82, 2.24) is 0 Å². The number of benzene rings is 2. The number of anilines is 1. The van der Waals surface area contributed by atoms with E-state index in [1.54, 1.807) is 12.1 Å². The minimum absolute atomic E-state index is 0. The monoisotopic (exact) mass is 433 g/mol. The molecule has 0 heterocycles. The van der Waals surface area contributed by atoms with E-state index >= 15 is 0 Å². The summed E-state index contributed by atoms with van der Waals surface area (Å²) in [6, 6.07) is 17.5. The molecule has 0 saturated heterocycles. The molecule has 6 heteroatoms. The van der Waals surface area contributed by atoms with E-state index in [1.165, 1.54) is 18.4 Å². The van der Waals surface area contributed by atoms with Crippen LogP contribution in [0.25, 0.3) is 0 Å². The number of para-hydroxylation sites is 1. The van der Waals surface area contributed by atoms with Crippen LogP contribution < -0.4 is 17.7 Å². The molecule has 2 unspecified atom stereocenters. The lowest BCUT2D eigenvalue weighted by atomic mass is 10.0. The molecule has 30 heavy (non-hydrogen) atoms. The van der Waals surface area contributed by atoms with Crippen LogP contribution in [0.2, 0.25) is 0 Å². The number of nitrogens with one attached hydrogen (secondary N) is 1. The van der Waals surface area contributed by atoms with Gasteiger partial charge < -0.3 is 22.2 Å². The Balaban J connectivity index is 0.00000450. The van der Waals surface area contributed by atoms with Crippen molar-refractivity contribution in [2.24, 2.45) is 5.92 Å². The van der Waals surface area contributed by atoms with Crippen molar-refractivity contribution in [3.8, 4) is 0 Å². The van der Waals surface area contributed by atoms with Crippen LogP contribution in [0.15, 0.2) is 54.6 Å². The molecule has 0 aliphatic rings. The maximum atomic E-state index is 11.0. The topological polar surface area (TPSA) is 55.2 Å².